The van der Waals surface area contributed by atoms with Crippen molar-refractivity contribution in [2.24, 2.45) is 0 Å². The van der Waals surface area contributed by atoms with Gasteiger partial charge in [-0.1, -0.05) is 134 Å². The third kappa shape index (κ3) is 10.4. The number of amides is 1. The van der Waals surface area contributed by atoms with Crippen LogP contribution in [-0.4, -0.2) is 39.7 Å². The number of rotatable bonds is 21. The molecule has 0 radical (unpaired) electrons. The Morgan fingerprint density at radius 1 is 0.591 bits per heavy atom. The fourth-order valence-corrected chi connectivity index (χ4v) is 5.80. The van der Waals surface area contributed by atoms with E-state index in [9.17, 15) is 29.7 Å². The van der Waals surface area contributed by atoms with Crippen LogP contribution in [0.5, 0.6) is 5.75 Å². The molecule has 238 valence electrons. The number of carboxylic acid groups (broad SMARTS) is 2. The van der Waals surface area contributed by atoms with E-state index >= 15 is 0 Å². The molecule has 0 atom stereocenters. The number of unbranched alkanes of at least 4 members (excludes halogenated alkanes) is 15. The lowest BCUT2D eigenvalue weighted by Crippen LogP contribution is -2.32. The number of anilines is 1. The van der Waals surface area contributed by atoms with Crippen LogP contribution < -0.4 is 4.90 Å². The number of hydrogen-bond acceptors (Lipinski definition) is 4. The topological polar surface area (TPSA) is 115 Å². The van der Waals surface area contributed by atoms with Crippen LogP contribution in [-0.2, 0) is 0 Å². The number of carbonyl (C=O) groups is 3. The third-order valence-corrected chi connectivity index (χ3v) is 8.39. The maximum Gasteiger partial charge on any atom is 0.336 e. The van der Waals surface area contributed by atoms with E-state index in [0.717, 1.165) is 24.6 Å². The number of nitrogens with zero attached hydrogens (tertiary/aromatic N) is 1. The summed E-state index contributed by atoms with van der Waals surface area (Å²) >= 11 is 0. The molecule has 1 amide bonds. The van der Waals surface area contributed by atoms with E-state index in [2.05, 4.69) is 6.92 Å². The number of phenols is 1. The van der Waals surface area contributed by atoms with Crippen molar-refractivity contribution in [2.45, 2.75) is 110 Å². The summed E-state index contributed by atoms with van der Waals surface area (Å²) in [5.74, 6) is -3.33. The van der Waals surface area contributed by atoms with Gasteiger partial charge in [0.1, 0.15) is 5.75 Å². The first-order chi connectivity index (χ1) is 21.3. The highest BCUT2D eigenvalue weighted by Gasteiger charge is 2.24. The number of hydrogen-bond donors (Lipinski definition) is 3. The van der Waals surface area contributed by atoms with Crippen LogP contribution in [0.15, 0.2) is 54.6 Å². The molecule has 44 heavy (non-hydrogen) atoms. The van der Waals surface area contributed by atoms with E-state index in [1.807, 2.05) is 12.1 Å². The molecule has 3 N–H and O–H groups in total. The Balaban J connectivity index is 1.54. The minimum atomic E-state index is -1.38. The second-order valence-corrected chi connectivity index (χ2v) is 11.8. The molecule has 0 saturated carbocycles. The monoisotopic (exact) mass is 603 g/mol. The smallest absolute Gasteiger partial charge is 0.336 e. The summed E-state index contributed by atoms with van der Waals surface area (Å²) in [7, 11) is 0. The number of carboxylic acids is 2. The van der Waals surface area contributed by atoms with E-state index < -0.39 is 17.8 Å². The van der Waals surface area contributed by atoms with E-state index in [1.54, 1.807) is 24.3 Å². The van der Waals surface area contributed by atoms with Crippen molar-refractivity contribution in [1.29, 1.82) is 0 Å². The van der Waals surface area contributed by atoms with Crippen molar-refractivity contribution in [3.63, 3.8) is 0 Å². The number of carbonyl (C=O) groups excluding carboxylic acids is 1. The van der Waals surface area contributed by atoms with Crippen molar-refractivity contribution < 1.29 is 29.7 Å². The van der Waals surface area contributed by atoms with E-state index in [4.69, 9.17) is 0 Å². The molecule has 7 heteroatoms. The first kappa shape index (κ1) is 34.6. The Morgan fingerprint density at radius 3 is 1.64 bits per heavy atom. The zero-order chi connectivity index (χ0) is 31.7. The molecule has 0 heterocycles. The molecule has 3 aromatic carbocycles. The van der Waals surface area contributed by atoms with Crippen LogP contribution in [0, 0.1) is 0 Å². The quantitative estimate of drug-likeness (QED) is 0.104. The van der Waals surface area contributed by atoms with Crippen LogP contribution in [0.1, 0.15) is 141 Å². The van der Waals surface area contributed by atoms with Gasteiger partial charge in [0.05, 0.1) is 16.7 Å². The van der Waals surface area contributed by atoms with Crippen LogP contribution in [0.25, 0.3) is 10.8 Å². The van der Waals surface area contributed by atoms with Gasteiger partial charge in [0, 0.05) is 17.6 Å². The fourth-order valence-electron chi connectivity index (χ4n) is 5.80. The average molecular weight is 604 g/mol. The van der Waals surface area contributed by atoms with Crippen molar-refractivity contribution in [3.05, 3.63) is 71.3 Å². The van der Waals surface area contributed by atoms with Gasteiger partial charge in [0.25, 0.3) is 5.91 Å². The van der Waals surface area contributed by atoms with Crippen LogP contribution in [0.3, 0.4) is 0 Å². The molecular weight excluding hydrogens is 554 g/mol. The Morgan fingerprint density at radius 2 is 1.09 bits per heavy atom. The van der Waals surface area contributed by atoms with Gasteiger partial charge in [0.15, 0.2) is 0 Å². The molecule has 7 nitrogen and oxygen atoms in total. The van der Waals surface area contributed by atoms with Gasteiger partial charge in [-0.25, -0.2) is 9.59 Å². The SMILES string of the molecule is CCCCCCCCCCCCCCCCCCN(C(=O)c1ccc2ccccc2c1O)c1ccc(C(=O)O)c(C(=O)O)c1. The standard InChI is InChI=1S/C37H49NO6/c1-2-3-4-5-6-7-8-9-10-11-12-13-14-15-16-19-26-38(29-23-25-31(36(41)42)33(27-29)37(43)44)35(40)32-24-22-28-20-17-18-21-30(28)34(32)39/h17-18,20-25,27,39H,2-16,19,26H2,1H3,(H,41,42)(H,43,44). The van der Waals surface area contributed by atoms with E-state index in [1.165, 1.54) is 100 Å². The molecule has 0 aliphatic carbocycles. The number of aromatic carboxylic acids is 2. The van der Waals surface area contributed by atoms with Gasteiger partial charge >= 0.3 is 11.9 Å². The first-order valence-corrected chi connectivity index (χ1v) is 16.5. The Hall–Kier alpha value is -3.87. The predicted molar refractivity (Wildman–Crippen MR) is 177 cm³/mol. The van der Waals surface area contributed by atoms with Crippen LogP contribution in [0.4, 0.5) is 5.69 Å². The van der Waals surface area contributed by atoms with Crippen molar-refractivity contribution in [2.75, 3.05) is 11.4 Å². The maximum absolute atomic E-state index is 13.8. The summed E-state index contributed by atoms with van der Waals surface area (Å²) in [6.07, 6.45) is 19.7. The largest absolute Gasteiger partial charge is 0.506 e. The minimum absolute atomic E-state index is 0.111. The molecule has 0 bridgehead atoms. The second kappa shape index (κ2) is 18.7. The fraction of sp³-hybridized carbons (Fsp3) is 0.486. The lowest BCUT2D eigenvalue weighted by Gasteiger charge is -2.24. The number of benzene rings is 3. The van der Waals surface area contributed by atoms with Gasteiger partial charge < -0.3 is 20.2 Å². The second-order valence-electron chi connectivity index (χ2n) is 11.8. The number of aromatic hydroxyl groups is 1. The summed E-state index contributed by atoms with van der Waals surface area (Å²) in [5, 5.41) is 31.4. The van der Waals surface area contributed by atoms with Gasteiger partial charge in [0.2, 0.25) is 0 Å². The van der Waals surface area contributed by atoms with Crippen LogP contribution >= 0.6 is 0 Å². The van der Waals surface area contributed by atoms with Crippen LogP contribution in [0.2, 0.25) is 0 Å². The highest BCUT2D eigenvalue weighted by Crippen LogP contribution is 2.31. The molecule has 0 aliphatic rings. The first-order valence-electron chi connectivity index (χ1n) is 16.5. The lowest BCUT2D eigenvalue weighted by atomic mass is 10.0. The summed E-state index contributed by atoms with van der Waals surface area (Å²) in [5.41, 5.74) is -0.336. The summed E-state index contributed by atoms with van der Waals surface area (Å²) < 4.78 is 0. The minimum Gasteiger partial charge on any atom is -0.506 e. The van der Waals surface area contributed by atoms with E-state index in [0.29, 0.717) is 18.4 Å². The van der Waals surface area contributed by atoms with Gasteiger partial charge in [-0.15, -0.1) is 0 Å². The molecule has 0 fully saturated rings. The molecule has 0 unspecified atom stereocenters. The number of phenolic OH excluding ortho intramolecular Hbond substituents is 1. The normalized spacial score (nSPS) is 11.1. The zero-order valence-corrected chi connectivity index (χ0v) is 26.2. The van der Waals surface area contributed by atoms with Crippen molar-refractivity contribution in [3.8, 4) is 5.75 Å². The van der Waals surface area contributed by atoms with Crippen molar-refractivity contribution in [1.82, 2.24) is 0 Å². The zero-order valence-electron chi connectivity index (χ0n) is 26.2. The van der Waals surface area contributed by atoms with Crippen molar-refractivity contribution >= 4 is 34.3 Å². The highest BCUT2D eigenvalue weighted by atomic mass is 16.4. The molecule has 3 rings (SSSR count). The summed E-state index contributed by atoms with van der Waals surface area (Å²) in [6.45, 7) is 2.57. The molecular formula is C37H49NO6. The maximum atomic E-state index is 13.8. The molecule has 0 spiro atoms. The molecule has 0 saturated heterocycles. The summed E-state index contributed by atoms with van der Waals surface area (Å²) in [6, 6.07) is 14.5. The lowest BCUT2D eigenvalue weighted by molar-refractivity contribution is 0.0651. The molecule has 0 aromatic heterocycles. The highest BCUT2D eigenvalue weighted by molar-refractivity contribution is 6.12. The Kier molecular flexibility index (Phi) is 14.7. The van der Waals surface area contributed by atoms with Gasteiger partial charge in [-0.05, 0) is 36.1 Å². The molecule has 0 aliphatic heterocycles. The predicted octanol–water partition coefficient (Wildman–Crippen LogP) is 9.85. The third-order valence-electron chi connectivity index (χ3n) is 8.39. The number of fused-ring (bicyclic) bond motifs is 1. The average Bonchev–Trinajstić information content (AvgIpc) is 3.02. The molecule has 3 aromatic rings. The Bertz CT molecular complexity index is 1370. The van der Waals surface area contributed by atoms with Gasteiger partial charge in [-0.2, -0.15) is 0 Å². The van der Waals surface area contributed by atoms with E-state index in [-0.39, 0.29) is 28.1 Å². The Labute approximate surface area is 261 Å². The summed E-state index contributed by atoms with van der Waals surface area (Å²) in [4.78, 5) is 38.7. The van der Waals surface area contributed by atoms with Gasteiger partial charge in [-0.3, -0.25) is 4.79 Å².